The lowest BCUT2D eigenvalue weighted by Gasteiger charge is -2.13. The maximum absolute atomic E-state index is 12.7. The van der Waals surface area contributed by atoms with Crippen LogP contribution in [0.4, 0.5) is 0 Å². The van der Waals surface area contributed by atoms with E-state index in [4.69, 9.17) is 12.8 Å². The highest BCUT2D eigenvalue weighted by Crippen LogP contribution is 2.01. The van der Waals surface area contributed by atoms with Gasteiger partial charge in [-0.2, -0.15) is 0 Å². The molecule has 2 rings (SSSR count). The van der Waals surface area contributed by atoms with Gasteiger partial charge >= 0.3 is 11.4 Å². The summed E-state index contributed by atoms with van der Waals surface area (Å²) in [6, 6.07) is 2.93. The summed E-state index contributed by atoms with van der Waals surface area (Å²) in [4.78, 5) is 50.1. The lowest BCUT2D eigenvalue weighted by Crippen LogP contribution is -2.41. The van der Waals surface area contributed by atoms with Crippen LogP contribution in [0.25, 0.3) is 0 Å². The fraction of sp³-hybridized carbons (Fsp3) is 0.520. The number of aryl methyl sites for hydroxylation is 2. The van der Waals surface area contributed by atoms with Gasteiger partial charge in [0, 0.05) is 62.5 Å². The standard InChI is InChI=1S/C25H32N4O4/c1-5-7-10-14-26-20(3)18-22(30)28(24(26)32)16-12-9-13-17-29-23(31)19-21(4)27(25(29)33)15-11-8-6-2/h1-2,18-19H,7-17H2,3-4H3. The van der Waals surface area contributed by atoms with Crippen molar-refractivity contribution in [1.29, 1.82) is 0 Å². The van der Waals surface area contributed by atoms with Gasteiger partial charge in [-0.25, -0.2) is 9.59 Å². The molecule has 0 N–H and O–H groups in total. The predicted molar refractivity (Wildman–Crippen MR) is 129 cm³/mol. The van der Waals surface area contributed by atoms with E-state index in [1.54, 1.807) is 23.0 Å². The lowest BCUT2D eigenvalue weighted by atomic mass is 10.2. The first-order valence-corrected chi connectivity index (χ1v) is 11.3. The second-order valence-corrected chi connectivity index (χ2v) is 8.10. The van der Waals surface area contributed by atoms with Gasteiger partial charge in [-0.05, 0) is 46.0 Å². The molecule has 176 valence electrons. The summed E-state index contributed by atoms with van der Waals surface area (Å²) < 4.78 is 5.62. The highest BCUT2D eigenvalue weighted by Gasteiger charge is 2.10. The summed E-state index contributed by atoms with van der Waals surface area (Å²) in [5.74, 6) is 5.10. The molecule has 2 aromatic heterocycles. The molecule has 0 aromatic carbocycles. The van der Waals surface area contributed by atoms with Crippen molar-refractivity contribution < 1.29 is 0 Å². The molecular formula is C25H32N4O4. The Hall–Kier alpha value is -3.52. The normalized spacial score (nSPS) is 10.7. The number of unbranched alkanes of at least 4 members (excludes halogenated alkanes) is 4. The summed E-state index contributed by atoms with van der Waals surface area (Å²) in [6.45, 7) is 4.99. The fourth-order valence-electron chi connectivity index (χ4n) is 3.80. The molecule has 0 unspecified atom stereocenters. The molecule has 2 heterocycles. The third kappa shape index (κ3) is 6.73. The summed E-state index contributed by atoms with van der Waals surface area (Å²) in [5, 5.41) is 0. The second-order valence-electron chi connectivity index (χ2n) is 8.10. The third-order valence-corrected chi connectivity index (χ3v) is 5.64. The van der Waals surface area contributed by atoms with Crippen LogP contribution in [-0.4, -0.2) is 18.3 Å². The molecule has 0 saturated carbocycles. The fourth-order valence-corrected chi connectivity index (χ4v) is 3.80. The van der Waals surface area contributed by atoms with Crippen LogP contribution in [0.15, 0.2) is 31.3 Å². The minimum atomic E-state index is -0.332. The van der Waals surface area contributed by atoms with E-state index in [1.165, 1.54) is 21.3 Å². The van der Waals surface area contributed by atoms with Crippen molar-refractivity contribution >= 4 is 0 Å². The molecule has 0 radical (unpaired) electrons. The zero-order valence-electron chi connectivity index (χ0n) is 19.5. The molecule has 0 saturated heterocycles. The van der Waals surface area contributed by atoms with E-state index in [0.29, 0.717) is 69.4 Å². The molecule has 8 nitrogen and oxygen atoms in total. The maximum Gasteiger partial charge on any atom is 0.331 e. The van der Waals surface area contributed by atoms with Crippen molar-refractivity contribution in [3.05, 3.63) is 65.2 Å². The van der Waals surface area contributed by atoms with Crippen LogP contribution in [0.3, 0.4) is 0 Å². The van der Waals surface area contributed by atoms with Gasteiger partial charge in [-0.3, -0.25) is 27.9 Å². The van der Waals surface area contributed by atoms with Crippen molar-refractivity contribution in [2.24, 2.45) is 0 Å². The molecular weight excluding hydrogens is 420 g/mol. The molecule has 0 aliphatic heterocycles. The summed E-state index contributed by atoms with van der Waals surface area (Å²) in [6.07, 6.45) is 14.8. The number of aromatic nitrogens is 4. The summed E-state index contributed by atoms with van der Waals surface area (Å²) in [7, 11) is 0. The number of rotatable bonds is 12. The summed E-state index contributed by atoms with van der Waals surface area (Å²) in [5.41, 5.74) is -0.0695. The Bertz CT molecular complexity index is 1180. The van der Waals surface area contributed by atoms with E-state index in [0.717, 1.165) is 0 Å². The van der Waals surface area contributed by atoms with E-state index >= 15 is 0 Å². The first-order chi connectivity index (χ1) is 15.8. The van der Waals surface area contributed by atoms with Crippen molar-refractivity contribution in [1.82, 2.24) is 18.3 Å². The topological polar surface area (TPSA) is 88.0 Å². The smallest absolute Gasteiger partial charge is 0.298 e. The molecule has 8 heteroatoms. The molecule has 0 aliphatic rings. The van der Waals surface area contributed by atoms with Crippen molar-refractivity contribution in [2.75, 3.05) is 0 Å². The van der Waals surface area contributed by atoms with E-state index < -0.39 is 0 Å². The Morgan fingerprint density at radius 1 is 0.606 bits per heavy atom. The number of nitrogens with zero attached hydrogens (tertiary/aromatic N) is 4. The molecule has 0 bridgehead atoms. The SMILES string of the molecule is C#CCCCn1c(C)cc(=O)n(CCCCCn2c(=O)cc(C)n(CCCC#C)c2=O)c1=O. The Morgan fingerprint density at radius 3 is 1.33 bits per heavy atom. The molecule has 2 aromatic rings. The highest BCUT2D eigenvalue weighted by atomic mass is 16.2. The highest BCUT2D eigenvalue weighted by molar-refractivity contribution is 5.01. The minimum absolute atomic E-state index is 0.284. The van der Waals surface area contributed by atoms with E-state index in [1.807, 2.05) is 0 Å². The third-order valence-electron chi connectivity index (χ3n) is 5.64. The van der Waals surface area contributed by atoms with Crippen LogP contribution < -0.4 is 22.5 Å². The van der Waals surface area contributed by atoms with Crippen LogP contribution in [0.5, 0.6) is 0 Å². The monoisotopic (exact) mass is 452 g/mol. The quantitative estimate of drug-likeness (QED) is 0.362. The molecule has 0 spiro atoms. The largest absolute Gasteiger partial charge is 0.331 e. The molecule has 33 heavy (non-hydrogen) atoms. The number of hydrogen-bond donors (Lipinski definition) is 0. The van der Waals surface area contributed by atoms with E-state index in [2.05, 4.69) is 11.8 Å². The van der Waals surface area contributed by atoms with Gasteiger partial charge in [-0.15, -0.1) is 24.7 Å². The van der Waals surface area contributed by atoms with Gasteiger partial charge in [0.25, 0.3) is 11.1 Å². The number of hydrogen-bond acceptors (Lipinski definition) is 4. The van der Waals surface area contributed by atoms with Gasteiger partial charge in [0.2, 0.25) is 0 Å². The van der Waals surface area contributed by atoms with Crippen molar-refractivity contribution in [3.63, 3.8) is 0 Å². The van der Waals surface area contributed by atoms with Gasteiger partial charge < -0.3 is 0 Å². The zero-order chi connectivity index (χ0) is 24.4. The van der Waals surface area contributed by atoms with E-state index in [9.17, 15) is 19.2 Å². The molecule has 0 atom stereocenters. The Kier molecular flexibility index (Phi) is 9.75. The average molecular weight is 453 g/mol. The second kappa shape index (κ2) is 12.5. The van der Waals surface area contributed by atoms with Crippen LogP contribution in [-0.2, 0) is 26.2 Å². The van der Waals surface area contributed by atoms with Gasteiger partial charge in [-0.1, -0.05) is 0 Å². The molecule has 0 aliphatic carbocycles. The zero-order valence-corrected chi connectivity index (χ0v) is 19.5. The Morgan fingerprint density at radius 2 is 0.970 bits per heavy atom. The van der Waals surface area contributed by atoms with Crippen molar-refractivity contribution in [3.8, 4) is 24.7 Å². The number of terminal acetylenes is 2. The Balaban J connectivity index is 2.02. The van der Waals surface area contributed by atoms with Gasteiger partial charge in [0.1, 0.15) is 0 Å². The van der Waals surface area contributed by atoms with E-state index in [-0.39, 0.29) is 35.6 Å². The maximum atomic E-state index is 12.7. The van der Waals surface area contributed by atoms with Crippen molar-refractivity contribution in [2.45, 2.75) is 85.0 Å². The van der Waals surface area contributed by atoms with Crippen LogP contribution in [0.2, 0.25) is 0 Å². The lowest BCUT2D eigenvalue weighted by molar-refractivity contribution is 0.473. The summed E-state index contributed by atoms with van der Waals surface area (Å²) >= 11 is 0. The first-order valence-electron chi connectivity index (χ1n) is 11.3. The van der Waals surface area contributed by atoms with Crippen LogP contribution >= 0.6 is 0 Å². The predicted octanol–water partition coefficient (Wildman–Crippen LogP) is 1.65. The Labute approximate surface area is 193 Å². The van der Waals surface area contributed by atoms with Gasteiger partial charge in [0.05, 0.1) is 0 Å². The molecule has 0 fully saturated rings. The molecule has 0 amide bonds. The van der Waals surface area contributed by atoms with Gasteiger partial charge in [0.15, 0.2) is 0 Å². The van der Waals surface area contributed by atoms with Crippen LogP contribution in [0.1, 0.15) is 56.3 Å². The average Bonchev–Trinajstić information content (AvgIpc) is 2.76. The first kappa shape index (κ1) is 25.7. The minimum Gasteiger partial charge on any atom is -0.298 e. The van der Waals surface area contributed by atoms with Crippen LogP contribution in [0, 0.1) is 38.5 Å².